The van der Waals surface area contributed by atoms with Crippen molar-refractivity contribution in [2.24, 2.45) is 0 Å². The Hall–Kier alpha value is -3.81. The molecule has 1 fully saturated rings. The molecule has 3 aromatic carbocycles. The van der Waals surface area contributed by atoms with Crippen molar-refractivity contribution in [2.75, 3.05) is 25.1 Å². The Balaban J connectivity index is 1.47. The highest BCUT2D eigenvalue weighted by Crippen LogP contribution is 2.29. The molecule has 0 N–H and O–H groups in total. The van der Waals surface area contributed by atoms with Crippen LogP contribution in [0.25, 0.3) is 6.08 Å². The zero-order valence-corrected chi connectivity index (χ0v) is 19.7. The van der Waals surface area contributed by atoms with Gasteiger partial charge in [0.15, 0.2) is 23.2 Å². The van der Waals surface area contributed by atoms with Gasteiger partial charge in [-0.25, -0.2) is 8.78 Å². The van der Waals surface area contributed by atoms with Crippen LogP contribution in [-0.2, 0) is 6.61 Å². The average Bonchev–Trinajstić information content (AvgIpc) is 2.91. The van der Waals surface area contributed by atoms with Crippen molar-refractivity contribution in [2.45, 2.75) is 25.9 Å². The second-order valence-corrected chi connectivity index (χ2v) is 8.45. The van der Waals surface area contributed by atoms with E-state index in [0.29, 0.717) is 22.4 Å². The van der Waals surface area contributed by atoms with Gasteiger partial charge in [0.25, 0.3) is 0 Å². The number of carbonyl (C=O) groups excluding carboxylic acids is 1. The number of ether oxygens (including phenoxy) is 2. The minimum absolute atomic E-state index is 0.113. The predicted molar refractivity (Wildman–Crippen MR) is 129 cm³/mol. The summed E-state index contributed by atoms with van der Waals surface area (Å²) in [4.78, 5) is 15.0. The highest BCUT2D eigenvalue weighted by molar-refractivity contribution is 6.07. The summed E-state index contributed by atoms with van der Waals surface area (Å²) in [5.41, 5.74) is 2.60. The molecule has 36 heavy (non-hydrogen) atoms. The Bertz CT molecular complexity index is 1240. The number of hydrogen-bond donors (Lipinski definition) is 0. The maximum atomic E-state index is 13.9. The molecular formula is C28H25F4NO3. The number of methoxy groups -OCH3 is 1. The van der Waals surface area contributed by atoms with Gasteiger partial charge in [-0.1, -0.05) is 12.1 Å². The summed E-state index contributed by atoms with van der Waals surface area (Å²) in [6, 6.07) is 12.5. The number of nitrogens with zero attached hydrogens (tertiary/aromatic N) is 1. The minimum atomic E-state index is -1.62. The summed E-state index contributed by atoms with van der Waals surface area (Å²) >= 11 is 0. The zero-order chi connectivity index (χ0) is 25.7. The molecule has 0 saturated carbocycles. The van der Waals surface area contributed by atoms with Crippen LogP contribution in [0.4, 0.5) is 23.2 Å². The topological polar surface area (TPSA) is 38.8 Å². The van der Waals surface area contributed by atoms with E-state index in [1.54, 1.807) is 36.4 Å². The van der Waals surface area contributed by atoms with Gasteiger partial charge in [0.1, 0.15) is 12.4 Å². The molecule has 3 aromatic rings. The molecule has 1 saturated heterocycles. The summed E-state index contributed by atoms with van der Waals surface area (Å²) in [6.07, 6.45) is 6.59. The van der Waals surface area contributed by atoms with Crippen molar-refractivity contribution in [1.82, 2.24) is 0 Å². The molecule has 0 radical (unpaired) electrons. The van der Waals surface area contributed by atoms with E-state index >= 15 is 0 Å². The first-order chi connectivity index (χ1) is 17.4. The van der Waals surface area contributed by atoms with Crippen LogP contribution in [0.3, 0.4) is 0 Å². The quantitative estimate of drug-likeness (QED) is 0.149. The van der Waals surface area contributed by atoms with Gasteiger partial charge in [0.2, 0.25) is 11.6 Å². The van der Waals surface area contributed by atoms with Gasteiger partial charge in [-0.15, -0.1) is 0 Å². The Labute approximate surface area is 206 Å². The lowest BCUT2D eigenvalue weighted by molar-refractivity contribution is 0.104. The molecule has 0 amide bonds. The lowest BCUT2D eigenvalue weighted by atomic mass is 10.1. The first-order valence-electron chi connectivity index (χ1n) is 11.6. The van der Waals surface area contributed by atoms with Crippen LogP contribution in [0.2, 0.25) is 0 Å². The fourth-order valence-corrected chi connectivity index (χ4v) is 4.10. The molecule has 0 aromatic heterocycles. The minimum Gasteiger partial charge on any atom is -0.496 e. The highest BCUT2D eigenvalue weighted by Gasteiger charge is 2.21. The Morgan fingerprint density at radius 3 is 2.22 bits per heavy atom. The molecule has 1 heterocycles. The lowest BCUT2D eigenvalue weighted by Crippen LogP contribution is -2.29. The van der Waals surface area contributed by atoms with Crippen LogP contribution >= 0.6 is 0 Å². The Kier molecular flexibility index (Phi) is 7.93. The zero-order valence-electron chi connectivity index (χ0n) is 19.7. The van der Waals surface area contributed by atoms with E-state index in [2.05, 4.69) is 4.90 Å². The SMILES string of the molecule is COc1ccc(/C=C/C(=O)c2ccc(N3CCCCC3)cc2)cc1COc1c(F)c(F)cc(F)c1F. The van der Waals surface area contributed by atoms with E-state index in [1.807, 2.05) is 12.1 Å². The number of benzene rings is 3. The van der Waals surface area contributed by atoms with Crippen molar-refractivity contribution in [3.8, 4) is 11.5 Å². The molecule has 1 aliphatic heterocycles. The summed E-state index contributed by atoms with van der Waals surface area (Å²) in [5.74, 6) is -7.37. The molecule has 1 aliphatic rings. The van der Waals surface area contributed by atoms with Crippen LogP contribution in [0, 0.1) is 23.3 Å². The number of allylic oxidation sites excluding steroid dienone is 1. The van der Waals surface area contributed by atoms with E-state index in [1.165, 1.54) is 32.4 Å². The summed E-state index contributed by atoms with van der Waals surface area (Å²) in [6.45, 7) is 1.61. The predicted octanol–water partition coefficient (Wildman–Crippen LogP) is 6.72. The van der Waals surface area contributed by atoms with Gasteiger partial charge < -0.3 is 14.4 Å². The van der Waals surface area contributed by atoms with Gasteiger partial charge in [-0.2, -0.15) is 8.78 Å². The van der Waals surface area contributed by atoms with E-state index in [9.17, 15) is 22.4 Å². The fraction of sp³-hybridized carbons (Fsp3) is 0.250. The van der Waals surface area contributed by atoms with Crippen LogP contribution < -0.4 is 14.4 Å². The summed E-state index contributed by atoms with van der Waals surface area (Å²) < 4.78 is 65.1. The third-order valence-electron chi connectivity index (χ3n) is 6.05. The largest absolute Gasteiger partial charge is 0.496 e. The van der Waals surface area contributed by atoms with Gasteiger partial charge in [0.05, 0.1) is 7.11 Å². The first-order valence-corrected chi connectivity index (χ1v) is 11.6. The summed E-state index contributed by atoms with van der Waals surface area (Å²) in [7, 11) is 1.40. The molecule has 0 spiro atoms. The van der Waals surface area contributed by atoms with Crippen molar-refractivity contribution >= 4 is 17.5 Å². The monoisotopic (exact) mass is 499 g/mol. The van der Waals surface area contributed by atoms with Crippen molar-refractivity contribution in [1.29, 1.82) is 0 Å². The van der Waals surface area contributed by atoms with Crippen molar-refractivity contribution in [3.63, 3.8) is 0 Å². The van der Waals surface area contributed by atoms with Crippen LogP contribution in [0.15, 0.2) is 54.6 Å². The Morgan fingerprint density at radius 1 is 0.917 bits per heavy atom. The van der Waals surface area contributed by atoms with Gasteiger partial charge in [-0.3, -0.25) is 4.79 Å². The second kappa shape index (κ2) is 11.3. The third-order valence-corrected chi connectivity index (χ3v) is 6.05. The highest BCUT2D eigenvalue weighted by atomic mass is 19.2. The number of carbonyl (C=O) groups is 1. The average molecular weight is 500 g/mol. The van der Waals surface area contributed by atoms with Crippen LogP contribution in [-0.4, -0.2) is 26.0 Å². The van der Waals surface area contributed by atoms with E-state index in [-0.39, 0.29) is 11.8 Å². The van der Waals surface area contributed by atoms with E-state index < -0.39 is 35.6 Å². The standard InChI is InChI=1S/C28H25F4NO3/c1-35-25-12-6-18(15-20(25)17-36-28-26(31)22(29)16-23(30)27(28)32)5-11-24(34)19-7-9-21(10-8-19)33-13-3-2-4-14-33/h5-12,15-16H,2-4,13-14,17H2,1H3/b11-5+. The van der Waals surface area contributed by atoms with Crippen molar-refractivity contribution < 1.29 is 31.8 Å². The molecule has 0 unspecified atom stereocenters. The molecular weight excluding hydrogens is 474 g/mol. The van der Waals surface area contributed by atoms with E-state index in [4.69, 9.17) is 9.47 Å². The number of rotatable bonds is 8. The molecule has 0 atom stereocenters. The van der Waals surface area contributed by atoms with Crippen LogP contribution in [0.5, 0.6) is 11.5 Å². The molecule has 4 rings (SSSR count). The number of anilines is 1. The molecule has 0 bridgehead atoms. The van der Waals surface area contributed by atoms with Gasteiger partial charge in [0, 0.05) is 36.0 Å². The Morgan fingerprint density at radius 2 is 1.58 bits per heavy atom. The fourth-order valence-electron chi connectivity index (χ4n) is 4.10. The van der Waals surface area contributed by atoms with Gasteiger partial charge in [-0.05, 0) is 67.3 Å². The molecule has 8 heteroatoms. The number of hydrogen-bond acceptors (Lipinski definition) is 4. The molecule has 0 aliphatic carbocycles. The third kappa shape index (κ3) is 5.70. The van der Waals surface area contributed by atoms with E-state index in [0.717, 1.165) is 18.8 Å². The van der Waals surface area contributed by atoms with Crippen LogP contribution in [0.1, 0.15) is 40.7 Å². The molecule has 4 nitrogen and oxygen atoms in total. The number of ketones is 1. The summed E-state index contributed by atoms with van der Waals surface area (Å²) in [5, 5.41) is 0. The second-order valence-electron chi connectivity index (χ2n) is 8.45. The van der Waals surface area contributed by atoms with Gasteiger partial charge >= 0.3 is 0 Å². The maximum Gasteiger partial charge on any atom is 0.203 e. The normalized spacial score (nSPS) is 13.8. The maximum absolute atomic E-state index is 13.9. The number of piperidine rings is 1. The number of halogens is 4. The van der Waals surface area contributed by atoms with Crippen molar-refractivity contribution in [3.05, 3.63) is 94.6 Å². The smallest absolute Gasteiger partial charge is 0.203 e. The molecule has 188 valence electrons. The first kappa shape index (κ1) is 25.3. The lowest BCUT2D eigenvalue weighted by Gasteiger charge is -2.28.